The summed E-state index contributed by atoms with van der Waals surface area (Å²) in [6.07, 6.45) is 17.4. The molecule has 5 atom stereocenters. The third-order valence-corrected chi connectivity index (χ3v) is 10.4. The molecule has 2 aliphatic rings. The Balaban J connectivity index is 0.00000336. The highest BCUT2D eigenvalue weighted by molar-refractivity contribution is 5.87. The first-order chi connectivity index (χ1) is 18.1. The lowest BCUT2D eigenvalue weighted by Gasteiger charge is -2.25. The van der Waals surface area contributed by atoms with Crippen LogP contribution in [0, 0.1) is 29.6 Å². The van der Waals surface area contributed by atoms with E-state index >= 15 is 0 Å². The van der Waals surface area contributed by atoms with Crippen molar-refractivity contribution in [3.63, 3.8) is 0 Å². The van der Waals surface area contributed by atoms with E-state index in [4.69, 9.17) is 0 Å². The molecule has 0 nitrogen and oxygen atoms in total. The Kier molecular flexibility index (Phi) is 10.5. The molecule has 0 aliphatic heterocycles. The molecule has 0 heteroatoms. The van der Waals surface area contributed by atoms with E-state index in [9.17, 15) is 0 Å². The van der Waals surface area contributed by atoms with Gasteiger partial charge in [-0.05, 0) is 94.7 Å². The van der Waals surface area contributed by atoms with E-state index in [1.54, 1.807) is 5.56 Å². The van der Waals surface area contributed by atoms with Gasteiger partial charge in [-0.25, -0.2) is 0 Å². The van der Waals surface area contributed by atoms with E-state index in [0.717, 1.165) is 35.5 Å². The maximum atomic E-state index is 2.58. The third kappa shape index (κ3) is 7.31. The van der Waals surface area contributed by atoms with Crippen LogP contribution in [0.25, 0.3) is 21.9 Å². The molecule has 0 bridgehead atoms. The lowest BCUT2D eigenvalue weighted by molar-refractivity contribution is 0.269. The van der Waals surface area contributed by atoms with Crippen LogP contribution in [-0.2, 0) is 0 Å². The average Bonchev–Trinajstić information content (AvgIpc) is 3.33. The van der Waals surface area contributed by atoms with Crippen LogP contribution in [0.1, 0.15) is 117 Å². The van der Waals surface area contributed by atoms with Crippen molar-refractivity contribution >= 4 is 10.8 Å². The summed E-state index contributed by atoms with van der Waals surface area (Å²) < 4.78 is 0. The van der Waals surface area contributed by atoms with Crippen molar-refractivity contribution in [1.82, 2.24) is 0 Å². The Labute approximate surface area is 234 Å². The summed E-state index contributed by atoms with van der Waals surface area (Å²) in [5.41, 5.74) is 4.29. The second-order valence-electron chi connectivity index (χ2n) is 13.1. The molecular formula is C38H54. The standard InChI is InChI=1S/C37H50.CH4/c1-27(2)30-12-6-9-29(19-20-30)18-17-28(3)31-13-7-14-33(22-21-31)35-15-8-16-36(25-35)37-24-23-32-10-4-5-11-34(32)26-37;/h4-5,8,10-11,15-16,23-31,33H,6-7,9,12-14,17-22H2,1-3H3;1H4/t28?,29?,30-,31?,33+;/m0./s1. The third-order valence-electron chi connectivity index (χ3n) is 10.4. The Morgan fingerprint density at radius 1 is 0.632 bits per heavy atom. The average molecular weight is 511 g/mol. The van der Waals surface area contributed by atoms with E-state index < -0.39 is 0 Å². The Hall–Kier alpha value is -2.08. The van der Waals surface area contributed by atoms with Crippen LogP contribution in [-0.4, -0.2) is 0 Å². The van der Waals surface area contributed by atoms with Crippen molar-refractivity contribution in [2.24, 2.45) is 29.6 Å². The minimum absolute atomic E-state index is 0. The minimum atomic E-state index is 0. The van der Waals surface area contributed by atoms with Gasteiger partial charge in [-0.2, -0.15) is 0 Å². The molecular weight excluding hydrogens is 456 g/mol. The molecule has 0 amide bonds. The highest BCUT2D eigenvalue weighted by atomic mass is 14.3. The molecule has 2 saturated carbocycles. The summed E-state index contributed by atoms with van der Waals surface area (Å²) in [4.78, 5) is 0. The zero-order valence-corrected chi connectivity index (χ0v) is 23.8. The fourth-order valence-corrected chi connectivity index (χ4v) is 7.67. The molecule has 2 aliphatic carbocycles. The van der Waals surface area contributed by atoms with Gasteiger partial charge in [0.05, 0.1) is 0 Å². The topological polar surface area (TPSA) is 0 Å². The van der Waals surface area contributed by atoms with Crippen LogP contribution >= 0.6 is 0 Å². The van der Waals surface area contributed by atoms with Crippen LogP contribution in [0.15, 0.2) is 66.7 Å². The van der Waals surface area contributed by atoms with Gasteiger partial charge in [0.1, 0.15) is 0 Å². The minimum Gasteiger partial charge on any atom is -0.0776 e. The summed E-state index contributed by atoms with van der Waals surface area (Å²) in [6.45, 7) is 7.46. The van der Waals surface area contributed by atoms with Crippen LogP contribution < -0.4 is 0 Å². The molecule has 0 N–H and O–H groups in total. The molecule has 0 saturated heterocycles. The van der Waals surface area contributed by atoms with Gasteiger partial charge in [-0.15, -0.1) is 0 Å². The van der Waals surface area contributed by atoms with Gasteiger partial charge in [-0.1, -0.05) is 140 Å². The molecule has 5 rings (SSSR count). The summed E-state index contributed by atoms with van der Waals surface area (Å²) in [5, 5.41) is 2.66. The normalized spacial score (nSPS) is 25.4. The monoisotopic (exact) mass is 510 g/mol. The fourth-order valence-electron chi connectivity index (χ4n) is 7.67. The van der Waals surface area contributed by atoms with E-state index in [1.165, 1.54) is 98.9 Å². The molecule has 3 aromatic carbocycles. The van der Waals surface area contributed by atoms with Gasteiger partial charge in [0.2, 0.25) is 0 Å². The molecule has 0 heterocycles. The largest absolute Gasteiger partial charge is 0.0776 e. The van der Waals surface area contributed by atoms with Gasteiger partial charge >= 0.3 is 0 Å². The molecule has 206 valence electrons. The van der Waals surface area contributed by atoms with Crippen molar-refractivity contribution < 1.29 is 0 Å². The maximum absolute atomic E-state index is 2.58. The molecule has 3 aromatic rings. The van der Waals surface area contributed by atoms with Crippen LogP contribution in [0.5, 0.6) is 0 Å². The van der Waals surface area contributed by atoms with Gasteiger partial charge < -0.3 is 0 Å². The molecule has 2 fully saturated rings. The number of benzene rings is 3. The van der Waals surface area contributed by atoms with Gasteiger partial charge in [0.25, 0.3) is 0 Å². The summed E-state index contributed by atoms with van der Waals surface area (Å²) >= 11 is 0. The first kappa shape index (κ1) is 28.9. The summed E-state index contributed by atoms with van der Waals surface area (Å²) in [6, 6.07) is 25.1. The zero-order valence-electron chi connectivity index (χ0n) is 23.8. The van der Waals surface area contributed by atoms with Gasteiger partial charge in [-0.3, -0.25) is 0 Å². The Morgan fingerprint density at radius 2 is 1.37 bits per heavy atom. The molecule has 0 radical (unpaired) electrons. The quantitative estimate of drug-likeness (QED) is 0.277. The van der Waals surface area contributed by atoms with E-state index in [1.807, 2.05) is 0 Å². The lowest BCUT2D eigenvalue weighted by Crippen LogP contribution is -2.13. The van der Waals surface area contributed by atoms with Gasteiger partial charge in [0, 0.05) is 0 Å². The summed E-state index contributed by atoms with van der Waals surface area (Å²) in [5.74, 6) is 5.43. The first-order valence-corrected chi connectivity index (χ1v) is 15.7. The summed E-state index contributed by atoms with van der Waals surface area (Å²) in [7, 11) is 0. The van der Waals surface area contributed by atoms with Crippen molar-refractivity contribution in [1.29, 1.82) is 0 Å². The highest BCUT2D eigenvalue weighted by Gasteiger charge is 2.26. The molecule has 0 spiro atoms. The fraction of sp³-hybridized carbons (Fsp3) is 0.579. The van der Waals surface area contributed by atoms with E-state index in [2.05, 4.69) is 87.5 Å². The highest BCUT2D eigenvalue weighted by Crippen LogP contribution is 2.40. The SMILES string of the molecule is C.CC(CCC1CCC[C@H](C(C)C)CC1)C1CCC[C@@H](c2cccc(-c3ccc4ccccc4c3)c2)CC1. The van der Waals surface area contributed by atoms with Crippen LogP contribution in [0.2, 0.25) is 0 Å². The van der Waals surface area contributed by atoms with E-state index in [-0.39, 0.29) is 7.43 Å². The Morgan fingerprint density at radius 3 is 2.21 bits per heavy atom. The van der Waals surface area contributed by atoms with Gasteiger partial charge in [0.15, 0.2) is 0 Å². The number of rotatable bonds is 7. The lowest BCUT2D eigenvalue weighted by atomic mass is 9.81. The van der Waals surface area contributed by atoms with Crippen molar-refractivity contribution in [3.8, 4) is 11.1 Å². The van der Waals surface area contributed by atoms with Crippen molar-refractivity contribution in [2.45, 2.75) is 111 Å². The second kappa shape index (κ2) is 13.8. The van der Waals surface area contributed by atoms with Crippen LogP contribution in [0.4, 0.5) is 0 Å². The molecule has 0 aromatic heterocycles. The predicted molar refractivity (Wildman–Crippen MR) is 169 cm³/mol. The molecule has 3 unspecified atom stereocenters. The maximum Gasteiger partial charge on any atom is -0.0162 e. The smallest absolute Gasteiger partial charge is 0.0162 e. The molecule has 38 heavy (non-hydrogen) atoms. The van der Waals surface area contributed by atoms with Crippen molar-refractivity contribution in [2.75, 3.05) is 0 Å². The second-order valence-corrected chi connectivity index (χ2v) is 13.1. The first-order valence-electron chi connectivity index (χ1n) is 15.7. The Bertz CT molecular complexity index is 1120. The van der Waals surface area contributed by atoms with E-state index in [0.29, 0.717) is 0 Å². The van der Waals surface area contributed by atoms with Crippen molar-refractivity contribution in [3.05, 3.63) is 72.3 Å². The number of fused-ring (bicyclic) bond motifs is 1. The zero-order chi connectivity index (χ0) is 25.6. The predicted octanol–water partition coefficient (Wildman–Crippen LogP) is 12.1. The number of hydrogen-bond acceptors (Lipinski definition) is 0. The number of hydrogen-bond donors (Lipinski definition) is 0. The van der Waals surface area contributed by atoms with Crippen LogP contribution in [0.3, 0.4) is 0 Å².